The van der Waals surface area contributed by atoms with Crippen LogP contribution in [-0.4, -0.2) is 35.9 Å². The first kappa shape index (κ1) is 21.9. The van der Waals surface area contributed by atoms with Crippen LogP contribution in [0.2, 0.25) is 0 Å². The minimum atomic E-state index is -0.530. The van der Waals surface area contributed by atoms with Crippen molar-refractivity contribution in [3.63, 3.8) is 0 Å². The third-order valence-electron chi connectivity index (χ3n) is 5.86. The summed E-state index contributed by atoms with van der Waals surface area (Å²) < 4.78 is 5.19. The number of nitrogens with zero attached hydrogens (tertiary/aromatic N) is 1. The lowest BCUT2D eigenvalue weighted by Gasteiger charge is -2.30. The van der Waals surface area contributed by atoms with Gasteiger partial charge in [-0.2, -0.15) is 0 Å². The number of ether oxygens (including phenoxy) is 1. The Kier molecular flexibility index (Phi) is 7.50. The van der Waals surface area contributed by atoms with Gasteiger partial charge in [-0.05, 0) is 49.9 Å². The Labute approximate surface area is 179 Å². The van der Waals surface area contributed by atoms with Crippen molar-refractivity contribution < 1.29 is 14.3 Å². The Bertz CT molecular complexity index is 840. The van der Waals surface area contributed by atoms with Crippen molar-refractivity contribution in [1.82, 2.24) is 10.2 Å². The number of methoxy groups -OCH3 is 1. The quantitative estimate of drug-likeness (QED) is 0.718. The van der Waals surface area contributed by atoms with Gasteiger partial charge in [0.15, 0.2) is 0 Å². The van der Waals surface area contributed by atoms with Crippen LogP contribution < -0.4 is 10.1 Å². The second kappa shape index (κ2) is 10.3. The van der Waals surface area contributed by atoms with E-state index >= 15 is 0 Å². The van der Waals surface area contributed by atoms with Crippen LogP contribution in [0.4, 0.5) is 0 Å². The van der Waals surface area contributed by atoms with Crippen LogP contribution in [0, 0.1) is 6.92 Å². The van der Waals surface area contributed by atoms with Gasteiger partial charge < -0.3 is 15.0 Å². The Morgan fingerprint density at radius 3 is 2.23 bits per heavy atom. The molecule has 5 heteroatoms. The molecule has 2 aromatic carbocycles. The van der Waals surface area contributed by atoms with E-state index in [-0.39, 0.29) is 24.3 Å². The molecule has 0 bridgehead atoms. The molecule has 5 nitrogen and oxygen atoms in total. The molecule has 0 aliphatic heterocycles. The number of hydrogen-bond acceptors (Lipinski definition) is 3. The van der Waals surface area contributed by atoms with E-state index in [1.807, 2.05) is 62.4 Å². The first-order valence-corrected chi connectivity index (χ1v) is 10.7. The monoisotopic (exact) mass is 408 g/mol. The van der Waals surface area contributed by atoms with E-state index in [9.17, 15) is 9.59 Å². The van der Waals surface area contributed by atoms with E-state index in [2.05, 4.69) is 5.32 Å². The van der Waals surface area contributed by atoms with Crippen LogP contribution in [0.25, 0.3) is 0 Å². The molecule has 3 rings (SSSR count). The smallest absolute Gasteiger partial charge is 0.242 e. The molecule has 1 N–H and O–H groups in total. The molecule has 0 spiro atoms. The fourth-order valence-corrected chi connectivity index (χ4v) is 3.88. The van der Waals surface area contributed by atoms with Gasteiger partial charge >= 0.3 is 0 Å². The molecule has 160 valence electrons. The van der Waals surface area contributed by atoms with Crippen LogP contribution in [0.5, 0.6) is 5.75 Å². The molecule has 1 saturated carbocycles. The van der Waals surface area contributed by atoms with E-state index in [1.54, 1.807) is 12.0 Å². The summed E-state index contributed by atoms with van der Waals surface area (Å²) in [6, 6.07) is 15.3. The van der Waals surface area contributed by atoms with Crippen LogP contribution in [0.1, 0.15) is 49.3 Å². The normalized spacial score (nSPS) is 14.9. The molecular weight excluding hydrogens is 376 g/mol. The van der Waals surface area contributed by atoms with Crippen molar-refractivity contribution in [1.29, 1.82) is 0 Å². The number of benzene rings is 2. The number of hydrogen-bond donors (Lipinski definition) is 1. The molecule has 0 radical (unpaired) electrons. The molecule has 30 heavy (non-hydrogen) atoms. The van der Waals surface area contributed by atoms with Crippen LogP contribution >= 0.6 is 0 Å². The lowest BCUT2D eigenvalue weighted by molar-refractivity contribution is -0.140. The van der Waals surface area contributed by atoms with Crippen LogP contribution in [-0.2, 0) is 22.6 Å². The van der Waals surface area contributed by atoms with Crippen molar-refractivity contribution >= 4 is 11.8 Å². The maximum Gasteiger partial charge on any atom is 0.242 e. The van der Waals surface area contributed by atoms with Crippen molar-refractivity contribution in [2.75, 3.05) is 7.11 Å². The summed E-state index contributed by atoms with van der Waals surface area (Å²) >= 11 is 0. The molecule has 1 fully saturated rings. The lowest BCUT2D eigenvalue weighted by atomic mass is 10.1. The van der Waals surface area contributed by atoms with Gasteiger partial charge in [0.25, 0.3) is 0 Å². The molecular formula is C25H32N2O3. The van der Waals surface area contributed by atoms with Crippen molar-refractivity contribution in [3.8, 4) is 5.75 Å². The Morgan fingerprint density at radius 1 is 1.03 bits per heavy atom. The topological polar surface area (TPSA) is 58.6 Å². The van der Waals surface area contributed by atoms with Gasteiger partial charge in [-0.3, -0.25) is 9.59 Å². The van der Waals surface area contributed by atoms with Crippen LogP contribution in [0.3, 0.4) is 0 Å². The highest BCUT2D eigenvalue weighted by Gasteiger charge is 2.28. The predicted molar refractivity (Wildman–Crippen MR) is 118 cm³/mol. The molecule has 2 aromatic rings. The highest BCUT2D eigenvalue weighted by atomic mass is 16.5. The zero-order chi connectivity index (χ0) is 21.5. The molecule has 1 atom stereocenters. The predicted octanol–water partition coefficient (Wildman–Crippen LogP) is 4.02. The maximum atomic E-state index is 13.2. The van der Waals surface area contributed by atoms with E-state index < -0.39 is 6.04 Å². The highest BCUT2D eigenvalue weighted by Crippen LogP contribution is 2.19. The average molecular weight is 409 g/mol. The molecule has 1 aliphatic rings. The number of aryl methyl sites for hydroxylation is 1. The van der Waals surface area contributed by atoms with Gasteiger partial charge in [0.2, 0.25) is 11.8 Å². The first-order valence-electron chi connectivity index (χ1n) is 10.7. The van der Waals surface area contributed by atoms with Crippen molar-refractivity contribution in [2.24, 2.45) is 0 Å². The molecule has 0 heterocycles. The summed E-state index contributed by atoms with van der Waals surface area (Å²) in [4.78, 5) is 27.8. The van der Waals surface area contributed by atoms with Crippen molar-refractivity contribution in [3.05, 3.63) is 65.2 Å². The first-order chi connectivity index (χ1) is 14.5. The minimum Gasteiger partial charge on any atom is -0.497 e. The standard InChI is InChI=1S/C25H32N2O3/c1-18-8-10-21(11-9-18)17-27(19(2)25(29)26-22-6-4-5-7-22)24(28)16-20-12-14-23(30-3)15-13-20/h8-15,19,22H,4-7,16-17H2,1-3H3,(H,26,29)/t19-/m1/s1. The summed E-state index contributed by atoms with van der Waals surface area (Å²) in [6.45, 7) is 4.27. The highest BCUT2D eigenvalue weighted by molar-refractivity contribution is 5.88. The number of amides is 2. The zero-order valence-corrected chi connectivity index (χ0v) is 18.2. The number of carbonyl (C=O) groups excluding carboxylic acids is 2. The fraction of sp³-hybridized carbons (Fsp3) is 0.440. The Hall–Kier alpha value is -2.82. The van der Waals surface area contributed by atoms with Gasteiger partial charge in [-0.1, -0.05) is 54.8 Å². The average Bonchev–Trinajstić information content (AvgIpc) is 3.26. The molecule has 0 unspecified atom stereocenters. The van der Waals surface area contributed by atoms with Gasteiger partial charge in [0.1, 0.15) is 11.8 Å². The second-order valence-corrected chi connectivity index (χ2v) is 8.20. The second-order valence-electron chi connectivity index (χ2n) is 8.20. The molecule has 0 saturated heterocycles. The molecule has 2 amide bonds. The van der Waals surface area contributed by atoms with Crippen LogP contribution in [0.15, 0.2) is 48.5 Å². The molecule has 1 aliphatic carbocycles. The van der Waals surface area contributed by atoms with E-state index in [1.165, 1.54) is 5.56 Å². The number of carbonyl (C=O) groups is 2. The van der Waals surface area contributed by atoms with E-state index in [4.69, 9.17) is 4.74 Å². The van der Waals surface area contributed by atoms with E-state index in [0.29, 0.717) is 6.54 Å². The SMILES string of the molecule is COc1ccc(CC(=O)N(Cc2ccc(C)cc2)[C@H](C)C(=O)NC2CCCC2)cc1. The van der Waals surface area contributed by atoms with E-state index in [0.717, 1.165) is 42.6 Å². The number of nitrogens with one attached hydrogen (secondary N) is 1. The summed E-state index contributed by atoms with van der Waals surface area (Å²) in [6.07, 6.45) is 4.61. The minimum absolute atomic E-state index is 0.0604. The summed E-state index contributed by atoms with van der Waals surface area (Å²) in [7, 11) is 1.62. The largest absolute Gasteiger partial charge is 0.497 e. The Morgan fingerprint density at radius 2 is 1.63 bits per heavy atom. The lowest BCUT2D eigenvalue weighted by Crippen LogP contribution is -2.50. The summed E-state index contributed by atoms with van der Waals surface area (Å²) in [5, 5.41) is 3.14. The summed E-state index contributed by atoms with van der Waals surface area (Å²) in [5.41, 5.74) is 3.09. The third kappa shape index (κ3) is 5.85. The third-order valence-corrected chi connectivity index (χ3v) is 5.86. The fourth-order valence-electron chi connectivity index (χ4n) is 3.88. The maximum absolute atomic E-state index is 13.2. The van der Waals surface area contributed by atoms with Gasteiger partial charge in [-0.15, -0.1) is 0 Å². The summed E-state index contributed by atoms with van der Waals surface area (Å²) in [5.74, 6) is 0.624. The molecule has 0 aromatic heterocycles. The van der Waals surface area contributed by atoms with Crippen molar-refractivity contribution in [2.45, 2.75) is 64.6 Å². The number of rotatable bonds is 8. The zero-order valence-electron chi connectivity index (χ0n) is 18.2. The van der Waals surface area contributed by atoms with Gasteiger partial charge in [-0.25, -0.2) is 0 Å². The Balaban J connectivity index is 1.74. The van der Waals surface area contributed by atoms with Gasteiger partial charge in [0.05, 0.1) is 13.5 Å². The van der Waals surface area contributed by atoms with Gasteiger partial charge in [0, 0.05) is 12.6 Å².